The highest BCUT2D eigenvalue weighted by atomic mass is 16.1. The number of benzene rings is 1. The summed E-state index contributed by atoms with van der Waals surface area (Å²) in [5.74, 6) is 0.0494. The van der Waals surface area contributed by atoms with Crippen molar-refractivity contribution in [3.63, 3.8) is 0 Å². The van der Waals surface area contributed by atoms with Crippen molar-refractivity contribution in [1.82, 2.24) is 0 Å². The Morgan fingerprint density at radius 1 is 1.26 bits per heavy atom. The molecule has 0 radical (unpaired) electrons. The van der Waals surface area contributed by atoms with Crippen LogP contribution >= 0.6 is 0 Å². The highest BCUT2D eigenvalue weighted by Gasteiger charge is 2.25. The van der Waals surface area contributed by atoms with Crippen molar-refractivity contribution in [2.24, 2.45) is 0 Å². The van der Waals surface area contributed by atoms with Gasteiger partial charge >= 0.3 is 0 Å². The van der Waals surface area contributed by atoms with Crippen molar-refractivity contribution in [1.29, 1.82) is 0 Å². The molecular weight excluding hydrogens is 232 g/mol. The first-order valence-electron chi connectivity index (χ1n) is 6.16. The van der Waals surface area contributed by atoms with Crippen LogP contribution < -0.4 is 0 Å². The summed E-state index contributed by atoms with van der Waals surface area (Å²) in [5, 5.41) is 0. The standard InChI is InChI=1S/C18H16O/c1-5-12(3)11-17-13(4)14(6-2)15-9-7-8-10-16(15)18(17)19/h5,7-11H,1-2H2,3-4H3/b12-11-. The zero-order valence-electron chi connectivity index (χ0n) is 11.3. The van der Waals surface area contributed by atoms with Gasteiger partial charge in [0, 0.05) is 22.3 Å². The van der Waals surface area contributed by atoms with Gasteiger partial charge in [-0.2, -0.15) is 0 Å². The van der Waals surface area contributed by atoms with Crippen LogP contribution in [-0.4, -0.2) is 5.78 Å². The van der Waals surface area contributed by atoms with Crippen molar-refractivity contribution in [2.45, 2.75) is 13.8 Å². The van der Waals surface area contributed by atoms with E-state index in [1.807, 2.05) is 44.2 Å². The van der Waals surface area contributed by atoms with Crippen LogP contribution in [0.15, 0.2) is 72.0 Å². The predicted molar refractivity (Wildman–Crippen MR) is 80.0 cm³/mol. The first-order chi connectivity index (χ1) is 9.10. The smallest absolute Gasteiger partial charge is 0.193 e. The van der Waals surface area contributed by atoms with Gasteiger partial charge in [-0.15, -0.1) is 5.73 Å². The molecule has 1 aromatic carbocycles. The lowest BCUT2D eigenvalue weighted by atomic mass is 9.82. The number of hydrogen-bond donors (Lipinski definition) is 0. The molecule has 0 bridgehead atoms. The molecule has 1 aromatic rings. The number of rotatable bonds is 2. The molecule has 1 nitrogen and oxygen atoms in total. The normalized spacial score (nSPS) is 15.2. The fraction of sp³-hybridized carbons (Fsp3) is 0.111. The monoisotopic (exact) mass is 248 g/mol. The molecule has 0 saturated heterocycles. The van der Waals surface area contributed by atoms with Gasteiger partial charge in [0.25, 0.3) is 0 Å². The molecule has 0 saturated carbocycles. The highest BCUT2D eigenvalue weighted by molar-refractivity contribution is 6.18. The Morgan fingerprint density at radius 2 is 1.89 bits per heavy atom. The Bertz CT molecular complexity index is 677. The van der Waals surface area contributed by atoms with Crippen LogP contribution in [0.1, 0.15) is 29.8 Å². The third kappa shape index (κ3) is 2.16. The molecule has 0 heterocycles. The topological polar surface area (TPSA) is 17.1 Å². The van der Waals surface area contributed by atoms with Crippen molar-refractivity contribution in [3.05, 3.63) is 83.2 Å². The van der Waals surface area contributed by atoms with Gasteiger partial charge in [-0.25, -0.2) is 0 Å². The van der Waals surface area contributed by atoms with Gasteiger partial charge in [-0.3, -0.25) is 4.79 Å². The first kappa shape index (κ1) is 13.1. The second-order valence-electron chi connectivity index (χ2n) is 4.56. The maximum absolute atomic E-state index is 12.5. The zero-order valence-corrected chi connectivity index (χ0v) is 11.3. The Hall–Kier alpha value is -2.37. The summed E-state index contributed by atoms with van der Waals surface area (Å²) in [7, 11) is 0. The summed E-state index contributed by atoms with van der Waals surface area (Å²) in [6, 6.07) is 7.58. The lowest BCUT2D eigenvalue weighted by Gasteiger charge is -2.20. The lowest BCUT2D eigenvalue weighted by Crippen LogP contribution is -2.13. The van der Waals surface area contributed by atoms with Gasteiger partial charge < -0.3 is 0 Å². The van der Waals surface area contributed by atoms with E-state index in [2.05, 4.69) is 18.9 Å². The quantitative estimate of drug-likeness (QED) is 0.556. The second kappa shape index (κ2) is 5.09. The number of ketones is 1. The van der Waals surface area contributed by atoms with Gasteiger partial charge in [0.15, 0.2) is 5.78 Å². The maximum Gasteiger partial charge on any atom is 0.193 e. The van der Waals surface area contributed by atoms with Crippen molar-refractivity contribution in [3.8, 4) is 0 Å². The summed E-state index contributed by atoms with van der Waals surface area (Å²) in [6.07, 6.45) is 3.61. The molecule has 1 aliphatic rings. The summed E-state index contributed by atoms with van der Waals surface area (Å²) in [5.41, 5.74) is 8.05. The van der Waals surface area contributed by atoms with E-state index in [1.54, 1.807) is 6.08 Å². The van der Waals surface area contributed by atoms with Gasteiger partial charge in [0.2, 0.25) is 0 Å². The molecule has 0 aromatic heterocycles. The van der Waals surface area contributed by atoms with E-state index < -0.39 is 0 Å². The fourth-order valence-electron chi connectivity index (χ4n) is 2.24. The van der Waals surface area contributed by atoms with Crippen LogP contribution in [0.3, 0.4) is 0 Å². The molecule has 0 spiro atoms. The number of allylic oxidation sites excluding steroid dienone is 6. The SMILES string of the molecule is C=C=C1C(C)=C(/C=C(/C)C=C)C(=O)c2ccccc21. The number of carbonyl (C=O) groups is 1. The molecule has 0 aliphatic heterocycles. The van der Waals surface area contributed by atoms with Gasteiger partial charge in [-0.05, 0) is 25.5 Å². The molecule has 1 heteroatoms. The Balaban J connectivity index is 2.74. The summed E-state index contributed by atoms with van der Waals surface area (Å²) in [6.45, 7) is 11.3. The van der Waals surface area contributed by atoms with Crippen molar-refractivity contribution in [2.75, 3.05) is 0 Å². The third-order valence-corrected chi connectivity index (χ3v) is 3.34. The molecule has 19 heavy (non-hydrogen) atoms. The van der Waals surface area contributed by atoms with Crippen LogP contribution in [0.5, 0.6) is 0 Å². The molecule has 94 valence electrons. The molecule has 0 amide bonds. The van der Waals surface area contributed by atoms with Crippen LogP contribution in [-0.2, 0) is 0 Å². The molecule has 0 unspecified atom stereocenters. The molecule has 0 N–H and O–H groups in total. The van der Waals surface area contributed by atoms with Crippen LogP contribution in [0.2, 0.25) is 0 Å². The van der Waals surface area contributed by atoms with Crippen LogP contribution in [0.4, 0.5) is 0 Å². The molecule has 2 rings (SSSR count). The van der Waals surface area contributed by atoms with Crippen molar-refractivity contribution < 1.29 is 4.79 Å². The van der Waals surface area contributed by atoms with Gasteiger partial charge in [0.05, 0.1) is 0 Å². The summed E-state index contributed by atoms with van der Waals surface area (Å²) >= 11 is 0. The minimum Gasteiger partial charge on any atom is -0.289 e. The zero-order chi connectivity index (χ0) is 14.0. The van der Waals surface area contributed by atoms with E-state index in [1.165, 1.54) is 0 Å². The number of Topliss-reactive ketones (excluding diaryl/α,β-unsaturated/α-hetero) is 1. The van der Waals surface area contributed by atoms with Crippen LogP contribution in [0.25, 0.3) is 5.57 Å². The van der Waals surface area contributed by atoms with Gasteiger partial charge in [-0.1, -0.05) is 49.1 Å². The Morgan fingerprint density at radius 3 is 2.47 bits per heavy atom. The highest BCUT2D eigenvalue weighted by Crippen LogP contribution is 2.35. The predicted octanol–water partition coefficient (Wildman–Crippen LogP) is 4.50. The Kier molecular flexibility index (Phi) is 3.50. The van der Waals surface area contributed by atoms with E-state index >= 15 is 0 Å². The largest absolute Gasteiger partial charge is 0.289 e. The minimum absolute atomic E-state index is 0.0494. The summed E-state index contributed by atoms with van der Waals surface area (Å²) < 4.78 is 0. The maximum atomic E-state index is 12.5. The third-order valence-electron chi connectivity index (χ3n) is 3.34. The molecule has 1 aliphatic carbocycles. The fourth-order valence-corrected chi connectivity index (χ4v) is 2.24. The van der Waals surface area contributed by atoms with Gasteiger partial charge in [0.1, 0.15) is 0 Å². The average molecular weight is 248 g/mol. The van der Waals surface area contributed by atoms with E-state index in [0.29, 0.717) is 11.1 Å². The van der Waals surface area contributed by atoms with E-state index in [9.17, 15) is 4.79 Å². The lowest BCUT2D eigenvalue weighted by molar-refractivity contribution is 0.103. The second-order valence-corrected chi connectivity index (χ2v) is 4.56. The van der Waals surface area contributed by atoms with E-state index in [4.69, 9.17) is 0 Å². The summed E-state index contributed by atoms with van der Waals surface area (Å²) in [4.78, 5) is 12.5. The Labute approximate surface area is 114 Å². The number of carbonyl (C=O) groups excluding carboxylic acids is 1. The molecule has 0 fully saturated rings. The van der Waals surface area contributed by atoms with Crippen LogP contribution in [0, 0.1) is 0 Å². The minimum atomic E-state index is 0.0494. The average Bonchev–Trinajstić information content (AvgIpc) is 2.44. The number of hydrogen-bond acceptors (Lipinski definition) is 1. The number of fused-ring (bicyclic) bond motifs is 1. The van der Waals surface area contributed by atoms with Crippen molar-refractivity contribution >= 4 is 11.4 Å². The molecular formula is C18H16O. The first-order valence-corrected chi connectivity index (χ1v) is 6.16. The van der Waals surface area contributed by atoms with E-state index in [0.717, 1.165) is 22.3 Å². The van der Waals surface area contributed by atoms with E-state index in [-0.39, 0.29) is 5.78 Å². The molecule has 0 atom stereocenters.